The molecule has 1 aliphatic rings. The molecule has 1 fully saturated rings. The largest absolute Gasteiger partial charge is 0.481 e. The first kappa shape index (κ1) is 11.7. The summed E-state index contributed by atoms with van der Waals surface area (Å²) in [5, 5.41) is 0. The molecule has 1 aromatic heterocycles. The molecule has 1 aromatic rings. The fraction of sp³-hybridized carbons (Fsp3) is 0.500. The van der Waals surface area contributed by atoms with Crippen molar-refractivity contribution in [3.63, 3.8) is 0 Å². The molecule has 0 N–H and O–H groups in total. The van der Waals surface area contributed by atoms with Crippen molar-refractivity contribution in [1.29, 1.82) is 0 Å². The van der Waals surface area contributed by atoms with Crippen LogP contribution in [0.5, 0.6) is 5.88 Å². The van der Waals surface area contributed by atoms with Crippen molar-refractivity contribution in [1.82, 2.24) is 4.98 Å². The smallest absolute Gasteiger partial charge is 0.328 e. The Kier molecular flexibility index (Phi) is 3.46. The number of hydrogen-bond acceptors (Lipinski definition) is 5. The second kappa shape index (κ2) is 5.03. The molecule has 92 valence electrons. The summed E-state index contributed by atoms with van der Waals surface area (Å²) in [5.74, 6) is 0.372. The summed E-state index contributed by atoms with van der Waals surface area (Å²) in [6.07, 6.45) is 3.50. The van der Waals surface area contributed by atoms with E-state index < -0.39 is 0 Å². The van der Waals surface area contributed by atoms with Crippen LogP contribution >= 0.6 is 0 Å². The van der Waals surface area contributed by atoms with Gasteiger partial charge in [-0.25, -0.2) is 9.78 Å². The minimum absolute atomic E-state index is 0.182. The van der Waals surface area contributed by atoms with Gasteiger partial charge < -0.3 is 14.4 Å². The molecule has 5 heteroatoms. The highest BCUT2D eigenvalue weighted by Gasteiger charge is 2.31. The molecule has 1 saturated heterocycles. The third-order valence-corrected chi connectivity index (χ3v) is 2.99. The molecule has 5 nitrogen and oxygen atoms in total. The average Bonchev–Trinajstić information content (AvgIpc) is 2.87. The van der Waals surface area contributed by atoms with Crippen LogP contribution in [0.15, 0.2) is 18.3 Å². The average molecular weight is 236 g/mol. The van der Waals surface area contributed by atoms with Crippen LogP contribution in [0.3, 0.4) is 0 Å². The maximum Gasteiger partial charge on any atom is 0.328 e. The quantitative estimate of drug-likeness (QED) is 0.739. The highest BCUT2D eigenvalue weighted by molar-refractivity contribution is 5.80. The molecule has 0 radical (unpaired) electrons. The van der Waals surface area contributed by atoms with Gasteiger partial charge in [0.1, 0.15) is 6.04 Å². The Hall–Kier alpha value is -1.78. The van der Waals surface area contributed by atoms with Crippen molar-refractivity contribution >= 4 is 11.7 Å². The van der Waals surface area contributed by atoms with Crippen LogP contribution in [0.4, 0.5) is 5.69 Å². The van der Waals surface area contributed by atoms with Crippen LogP contribution < -0.4 is 9.64 Å². The van der Waals surface area contributed by atoms with Crippen molar-refractivity contribution in [2.75, 3.05) is 25.7 Å². The first-order chi connectivity index (χ1) is 8.26. The molecule has 1 unspecified atom stereocenters. The van der Waals surface area contributed by atoms with Crippen LogP contribution in [0.25, 0.3) is 0 Å². The molecule has 2 heterocycles. The molecule has 0 aliphatic carbocycles. The molecule has 0 saturated carbocycles. The predicted octanol–water partition coefficient (Wildman–Crippen LogP) is 1.23. The molecular formula is C12H16N2O3. The van der Waals surface area contributed by atoms with Crippen LogP contribution in [0, 0.1) is 0 Å². The monoisotopic (exact) mass is 236 g/mol. The molecule has 1 aliphatic heterocycles. The fourth-order valence-corrected chi connectivity index (χ4v) is 2.15. The molecule has 0 spiro atoms. The van der Waals surface area contributed by atoms with Crippen molar-refractivity contribution in [2.45, 2.75) is 18.9 Å². The highest BCUT2D eigenvalue weighted by atomic mass is 16.5. The Morgan fingerprint density at radius 1 is 1.53 bits per heavy atom. The number of ether oxygens (including phenoxy) is 2. The molecule has 1 atom stereocenters. The zero-order valence-corrected chi connectivity index (χ0v) is 10.0. The van der Waals surface area contributed by atoms with Gasteiger partial charge in [0.25, 0.3) is 0 Å². The maximum absolute atomic E-state index is 11.6. The first-order valence-corrected chi connectivity index (χ1v) is 5.60. The molecule has 0 amide bonds. The lowest BCUT2D eigenvalue weighted by Crippen LogP contribution is -2.36. The second-order valence-electron chi connectivity index (χ2n) is 3.93. The van der Waals surface area contributed by atoms with Gasteiger partial charge >= 0.3 is 5.97 Å². The summed E-state index contributed by atoms with van der Waals surface area (Å²) in [5.41, 5.74) is 0.949. The number of nitrogens with zero attached hydrogens (tertiary/aromatic N) is 2. The molecule has 0 bridgehead atoms. The third-order valence-electron chi connectivity index (χ3n) is 2.99. The van der Waals surface area contributed by atoms with Gasteiger partial charge in [-0.05, 0) is 18.9 Å². The van der Waals surface area contributed by atoms with E-state index in [1.165, 1.54) is 7.11 Å². The SMILES string of the molecule is COC(=O)C1CCCN1c1ccnc(OC)c1. The van der Waals surface area contributed by atoms with E-state index in [4.69, 9.17) is 9.47 Å². The van der Waals surface area contributed by atoms with Gasteiger partial charge in [0.2, 0.25) is 5.88 Å². The Bertz CT molecular complexity index is 408. The van der Waals surface area contributed by atoms with Crippen LogP contribution in [0.2, 0.25) is 0 Å². The summed E-state index contributed by atoms with van der Waals surface area (Å²) in [4.78, 5) is 17.7. The van der Waals surface area contributed by atoms with E-state index in [1.54, 1.807) is 13.3 Å². The number of carbonyl (C=O) groups excluding carboxylic acids is 1. The van der Waals surface area contributed by atoms with Crippen molar-refractivity contribution < 1.29 is 14.3 Å². The fourth-order valence-electron chi connectivity index (χ4n) is 2.15. The second-order valence-corrected chi connectivity index (χ2v) is 3.93. The van der Waals surface area contributed by atoms with E-state index in [-0.39, 0.29) is 12.0 Å². The van der Waals surface area contributed by atoms with E-state index in [2.05, 4.69) is 4.98 Å². The minimum atomic E-state index is -0.188. The number of pyridine rings is 1. The minimum Gasteiger partial charge on any atom is -0.481 e. The number of hydrogen-bond donors (Lipinski definition) is 0. The van der Waals surface area contributed by atoms with Crippen LogP contribution in [0.1, 0.15) is 12.8 Å². The number of carbonyl (C=O) groups is 1. The Morgan fingerprint density at radius 3 is 3.06 bits per heavy atom. The first-order valence-electron chi connectivity index (χ1n) is 5.60. The van der Waals surface area contributed by atoms with E-state index in [9.17, 15) is 4.79 Å². The lowest BCUT2D eigenvalue weighted by molar-refractivity contribution is -0.141. The van der Waals surface area contributed by atoms with Crippen molar-refractivity contribution in [3.05, 3.63) is 18.3 Å². The molecule has 2 rings (SSSR count). The Balaban J connectivity index is 2.22. The number of rotatable bonds is 3. The highest BCUT2D eigenvalue weighted by Crippen LogP contribution is 2.27. The normalized spacial score (nSPS) is 19.2. The van der Waals surface area contributed by atoms with Gasteiger partial charge in [-0.1, -0.05) is 0 Å². The summed E-state index contributed by atoms with van der Waals surface area (Å²) in [7, 11) is 3.00. The number of methoxy groups -OCH3 is 2. The summed E-state index contributed by atoms with van der Waals surface area (Å²) >= 11 is 0. The van der Waals surface area contributed by atoms with E-state index in [0.717, 1.165) is 25.1 Å². The van der Waals surface area contributed by atoms with Gasteiger partial charge in [0, 0.05) is 24.5 Å². The lowest BCUT2D eigenvalue weighted by atomic mass is 10.2. The number of aromatic nitrogens is 1. The van der Waals surface area contributed by atoms with E-state index in [0.29, 0.717) is 5.88 Å². The lowest BCUT2D eigenvalue weighted by Gasteiger charge is -2.24. The number of esters is 1. The molecule has 0 aromatic carbocycles. The number of anilines is 1. The van der Waals surface area contributed by atoms with Crippen LogP contribution in [-0.2, 0) is 9.53 Å². The Morgan fingerprint density at radius 2 is 2.35 bits per heavy atom. The topological polar surface area (TPSA) is 51.7 Å². The zero-order valence-electron chi connectivity index (χ0n) is 10.0. The zero-order chi connectivity index (χ0) is 12.3. The maximum atomic E-state index is 11.6. The van der Waals surface area contributed by atoms with E-state index >= 15 is 0 Å². The standard InChI is InChI=1S/C12H16N2O3/c1-16-11-8-9(5-6-13-11)14-7-3-4-10(14)12(15)17-2/h5-6,8,10H,3-4,7H2,1-2H3. The van der Waals surface area contributed by atoms with Gasteiger partial charge in [-0.2, -0.15) is 0 Å². The van der Waals surface area contributed by atoms with Crippen molar-refractivity contribution in [3.8, 4) is 5.88 Å². The van der Waals surface area contributed by atoms with E-state index in [1.807, 2.05) is 17.0 Å². The van der Waals surface area contributed by atoms with Gasteiger partial charge in [-0.15, -0.1) is 0 Å². The molecule has 17 heavy (non-hydrogen) atoms. The van der Waals surface area contributed by atoms with Gasteiger partial charge in [0.15, 0.2) is 0 Å². The van der Waals surface area contributed by atoms with Crippen molar-refractivity contribution in [2.24, 2.45) is 0 Å². The van der Waals surface area contributed by atoms with Gasteiger partial charge in [-0.3, -0.25) is 0 Å². The van der Waals surface area contributed by atoms with Crippen LogP contribution in [-0.4, -0.2) is 37.8 Å². The Labute approximate surface area is 100 Å². The summed E-state index contributed by atoms with van der Waals surface area (Å²) in [6.45, 7) is 0.854. The predicted molar refractivity (Wildman–Crippen MR) is 63.2 cm³/mol. The summed E-state index contributed by atoms with van der Waals surface area (Å²) in [6, 6.07) is 3.53. The summed E-state index contributed by atoms with van der Waals surface area (Å²) < 4.78 is 9.90. The molecular weight excluding hydrogens is 220 g/mol. The van der Waals surface area contributed by atoms with Gasteiger partial charge in [0.05, 0.1) is 14.2 Å². The third kappa shape index (κ3) is 2.33.